The second-order valence-corrected chi connectivity index (χ2v) is 8.95. The van der Waals surface area contributed by atoms with Crippen molar-refractivity contribution in [2.45, 2.75) is 38.1 Å². The molecule has 1 aromatic carbocycles. The van der Waals surface area contributed by atoms with Crippen LogP contribution in [0.4, 0.5) is 5.95 Å². The van der Waals surface area contributed by atoms with Crippen molar-refractivity contribution in [1.29, 1.82) is 0 Å². The summed E-state index contributed by atoms with van der Waals surface area (Å²) in [7, 11) is 0. The average molecular weight is 442 g/mol. The van der Waals surface area contributed by atoms with Gasteiger partial charge in [0.05, 0.1) is 11.7 Å². The Bertz CT molecular complexity index is 1310. The maximum absolute atomic E-state index is 10.3. The number of anilines is 1. The monoisotopic (exact) mass is 441 g/mol. The van der Waals surface area contributed by atoms with E-state index >= 15 is 0 Å². The molecular weight excluding hydrogens is 414 g/mol. The van der Waals surface area contributed by atoms with Crippen LogP contribution in [0.25, 0.3) is 22.3 Å². The van der Waals surface area contributed by atoms with Gasteiger partial charge in [-0.1, -0.05) is 12.1 Å². The van der Waals surface area contributed by atoms with Gasteiger partial charge in [0.15, 0.2) is 5.65 Å². The predicted octanol–water partition coefficient (Wildman–Crippen LogP) is 3.71. The molecule has 3 N–H and O–H groups in total. The molecule has 0 spiro atoms. The van der Waals surface area contributed by atoms with E-state index in [4.69, 9.17) is 4.98 Å². The standard InChI is InChI=1S/C25H27N7O/c1-15-23-18-14-21(17-4-2-3-5-22(17)33)30-31-24(18)28-20(23)9-13-32(15)25-27-12-8-19(29-25)16-6-10-26-11-7-16/h2-5,8,12,14-16,26,33H,6-7,9-11,13H2,1H3,(H,28,31)/t15-/m1/s1. The number of para-hydroxylation sites is 1. The number of rotatable bonds is 3. The third-order valence-electron chi connectivity index (χ3n) is 7.03. The van der Waals surface area contributed by atoms with Crippen LogP contribution in [0, 0.1) is 0 Å². The van der Waals surface area contributed by atoms with E-state index in [-0.39, 0.29) is 11.8 Å². The zero-order valence-electron chi connectivity index (χ0n) is 18.6. The van der Waals surface area contributed by atoms with E-state index in [1.165, 1.54) is 11.3 Å². The lowest BCUT2D eigenvalue weighted by atomic mass is 9.94. The summed E-state index contributed by atoms with van der Waals surface area (Å²) < 4.78 is 0. The molecule has 4 aromatic rings. The van der Waals surface area contributed by atoms with Crippen LogP contribution in [0.2, 0.25) is 0 Å². The number of benzene rings is 1. The number of fused-ring (bicyclic) bond motifs is 3. The Morgan fingerprint density at radius 3 is 2.79 bits per heavy atom. The molecule has 6 rings (SSSR count). The molecule has 1 atom stereocenters. The maximum Gasteiger partial charge on any atom is 0.226 e. The summed E-state index contributed by atoms with van der Waals surface area (Å²) in [4.78, 5) is 15.4. The summed E-state index contributed by atoms with van der Waals surface area (Å²) in [6, 6.07) is 11.4. The summed E-state index contributed by atoms with van der Waals surface area (Å²) in [5.41, 5.74) is 5.66. The summed E-state index contributed by atoms with van der Waals surface area (Å²) in [5, 5.41) is 23.6. The van der Waals surface area contributed by atoms with Crippen molar-refractivity contribution in [3.05, 3.63) is 59.5 Å². The molecule has 0 radical (unpaired) electrons. The van der Waals surface area contributed by atoms with Crippen LogP contribution in [0.15, 0.2) is 42.6 Å². The number of phenolic OH excluding ortho intramolecular Hbond substituents is 1. The molecule has 0 unspecified atom stereocenters. The number of nitrogens with zero attached hydrogens (tertiary/aromatic N) is 5. The molecule has 3 aromatic heterocycles. The summed E-state index contributed by atoms with van der Waals surface area (Å²) in [6.07, 6.45) is 5.00. The summed E-state index contributed by atoms with van der Waals surface area (Å²) >= 11 is 0. The van der Waals surface area contributed by atoms with Gasteiger partial charge in [-0.15, -0.1) is 10.2 Å². The Balaban J connectivity index is 1.37. The Kier molecular flexibility index (Phi) is 4.95. The first-order valence-corrected chi connectivity index (χ1v) is 11.7. The molecule has 1 fully saturated rings. The molecule has 168 valence electrons. The number of piperidine rings is 1. The molecule has 33 heavy (non-hydrogen) atoms. The van der Waals surface area contributed by atoms with Crippen molar-refractivity contribution in [3.63, 3.8) is 0 Å². The van der Waals surface area contributed by atoms with Gasteiger partial charge in [0, 0.05) is 53.0 Å². The fourth-order valence-corrected chi connectivity index (χ4v) is 5.26. The molecule has 8 heteroatoms. The molecule has 5 heterocycles. The van der Waals surface area contributed by atoms with E-state index in [9.17, 15) is 5.11 Å². The SMILES string of the molecule is C[C@@H]1c2c([nH]c3nnc(-c4ccccc4O)cc23)CCN1c1nccc(C2CCNCC2)n1. The number of hydrogen-bond acceptors (Lipinski definition) is 7. The number of H-pyrrole nitrogens is 1. The van der Waals surface area contributed by atoms with Crippen LogP contribution in [0.3, 0.4) is 0 Å². The van der Waals surface area contributed by atoms with E-state index < -0.39 is 0 Å². The van der Waals surface area contributed by atoms with Crippen molar-refractivity contribution in [1.82, 2.24) is 30.5 Å². The van der Waals surface area contributed by atoms with Crippen molar-refractivity contribution < 1.29 is 5.11 Å². The molecule has 2 aliphatic heterocycles. The number of nitrogens with one attached hydrogen (secondary N) is 2. The second kappa shape index (κ2) is 8.12. The molecule has 0 aliphatic carbocycles. The lowest BCUT2D eigenvalue weighted by Gasteiger charge is -2.34. The fourth-order valence-electron chi connectivity index (χ4n) is 5.26. The molecule has 1 saturated heterocycles. The van der Waals surface area contributed by atoms with Crippen molar-refractivity contribution in [3.8, 4) is 17.0 Å². The van der Waals surface area contributed by atoms with Crippen molar-refractivity contribution in [2.24, 2.45) is 0 Å². The van der Waals surface area contributed by atoms with Crippen molar-refractivity contribution >= 4 is 17.0 Å². The smallest absolute Gasteiger partial charge is 0.226 e. The molecular formula is C25H27N7O. The Hall–Kier alpha value is -3.52. The third-order valence-corrected chi connectivity index (χ3v) is 7.03. The van der Waals surface area contributed by atoms with E-state index in [0.29, 0.717) is 17.2 Å². The normalized spacial score (nSPS) is 19.1. The largest absolute Gasteiger partial charge is 0.507 e. The lowest BCUT2D eigenvalue weighted by Crippen LogP contribution is -2.35. The molecule has 0 amide bonds. The molecule has 0 bridgehead atoms. The zero-order valence-corrected chi connectivity index (χ0v) is 18.6. The van der Waals surface area contributed by atoms with Crippen LogP contribution in [0.1, 0.15) is 48.7 Å². The predicted molar refractivity (Wildman–Crippen MR) is 127 cm³/mol. The number of aromatic hydroxyl groups is 1. The fraction of sp³-hybridized carbons (Fsp3) is 0.360. The second-order valence-electron chi connectivity index (χ2n) is 8.95. The van der Waals surface area contributed by atoms with Gasteiger partial charge in [-0.25, -0.2) is 9.97 Å². The Morgan fingerprint density at radius 2 is 1.94 bits per heavy atom. The van der Waals surface area contributed by atoms with Crippen LogP contribution in [-0.2, 0) is 6.42 Å². The maximum atomic E-state index is 10.3. The van der Waals surface area contributed by atoms with Gasteiger partial charge < -0.3 is 20.3 Å². The van der Waals surface area contributed by atoms with Gasteiger partial charge in [-0.2, -0.15) is 0 Å². The first-order valence-electron chi connectivity index (χ1n) is 11.7. The topological polar surface area (TPSA) is 103 Å². The third kappa shape index (κ3) is 3.51. The van der Waals surface area contributed by atoms with E-state index in [1.54, 1.807) is 12.1 Å². The van der Waals surface area contributed by atoms with Gasteiger partial charge in [-0.3, -0.25) is 0 Å². The highest BCUT2D eigenvalue weighted by atomic mass is 16.3. The molecule has 2 aliphatic rings. The van der Waals surface area contributed by atoms with Gasteiger partial charge in [0.1, 0.15) is 5.75 Å². The highest BCUT2D eigenvalue weighted by Crippen LogP contribution is 2.38. The van der Waals surface area contributed by atoms with Gasteiger partial charge in [0.25, 0.3) is 0 Å². The van der Waals surface area contributed by atoms with Crippen molar-refractivity contribution in [2.75, 3.05) is 24.5 Å². The molecule has 8 nitrogen and oxygen atoms in total. The van der Waals surface area contributed by atoms with Gasteiger partial charge >= 0.3 is 0 Å². The average Bonchev–Trinajstić information content (AvgIpc) is 3.24. The first kappa shape index (κ1) is 20.1. The van der Waals surface area contributed by atoms with Gasteiger partial charge in [0.2, 0.25) is 5.95 Å². The minimum Gasteiger partial charge on any atom is -0.507 e. The Labute approximate surface area is 192 Å². The number of aromatic nitrogens is 5. The van der Waals surface area contributed by atoms with Crippen LogP contribution >= 0.6 is 0 Å². The quantitative estimate of drug-likeness (QED) is 0.445. The van der Waals surface area contributed by atoms with Gasteiger partial charge in [-0.05, 0) is 57.1 Å². The Morgan fingerprint density at radius 1 is 1.09 bits per heavy atom. The highest BCUT2D eigenvalue weighted by Gasteiger charge is 2.30. The summed E-state index contributed by atoms with van der Waals surface area (Å²) in [6.45, 7) is 5.13. The highest BCUT2D eigenvalue weighted by molar-refractivity contribution is 5.86. The van der Waals surface area contributed by atoms with E-state index in [0.717, 1.165) is 61.6 Å². The van der Waals surface area contributed by atoms with E-state index in [2.05, 4.69) is 43.4 Å². The minimum absolute atomic E-state index is 0.0900. The van der Waals surface area contributed by atoms with Crippen LogP contribution < -0.4 is 10.2 Å². The van der Waals surface area contributed by atoms with E-state index in [1.807, 2.05) is 24.4 Å². The van der Waals surface area contributed by atoms with Crippen LogP contribution in [-0.4, -0.2) is 49.9 Å². The zero-order chi connectivity index (χ0) is 22.4. The number of aromatic amines is 1. The minimum atomic E-state index is 0.0900. The summed E-state index contributed by atoms with van der Waals surface area (Å²) in [5.74, 6) is 1.49. The number of hydrogen-bond donors (Lipinski definition) is 3. The first-order chi connectivity index (χ1) is 16.2. The number of phenols is 1. The lowest BCUT2D eigenvalue weighted by molar-refractivity contribution is 0.452. The molecule has 0 saturated carbocycles. The van der Waals surface area contributed by atoms with Crippen LogP contribution in [0.5, 0.6) is 5.75 Å².